The Hall–Kier alpha value is -4.28. The third-order valence-electron chi connectivity index (χ3n) is 8.95. The van der Waals surface area contributed by atoms with Gasteiger partial charge in [0.1, 0.15) is 6.04 Å². The van der Waals surface area contributed by atoms with Crippen molar-refractivity contribution in [2.45, 2.75) is 63.1 Å². The van der Waals surface area contributed by atoms with E-state index in [9.17, 15) is 18.8 Å². The Morgan fingerprint density at radius 1 is 1.07 bits per heavy atom. The van der Waals surface area contributed by atoms with Gasteiger partial charge < -0.3 is 15.1 Å². The van der Waals surface area contributed by atoms with Gasteiger partial charge in [-0.25, -0.2) is 9.37 Å². The summed E-state index contributed by atoms with van der Waals surface area (Å²) < 4.78 is 16.4. The Kier molecular flexibility index (Phi) is 6.47. The molecule has 0 radical (unpaired) electrons. The van der Waals surface area contributed by atoms with Crippen LogP contribution in [0.3, 0.4) is 0 Å². The van der Waals surface area contributed by atoms with Crippen molar-refractivity contribution in [2.24, 2.45) is 5.92 Å². The summed E-state index contributed by atoms with van der Waals surface area (Å²) in [6, 6.07) is 8.68. The molecule has 4 heterocycles. The summed E-state index contributed by atoms with van der Waals surface area (Å²) in [4.78, 5) is 44.7. The lowest BCUT2D eigenvalue weighted by atomic mass is 9.80. The van der Waals surface area contributed by atoms with Gasteiger partial charge in [-0.15, -0.1) is 0 Å². The van der Waals surface area contributed by atoms with Crippen LogP contribution < -0.4 is 15.5 Å². The van der Waals surface area contributed by atoms with Gasteiger partial charge in [-0.1, -0.05) is 0 Å². The maximum absolute atomic E-state index is 14.3. The van der Waals surface area contributed by atoms with Crippen molar-refractivity contribution in [2.75, 3.05) is 30.9 Å². The minimum absolute atomic E-state index is 0.161. The first-order valence-corrected chi connectivity index (χ1v) is 14.7. The van der Waals surface area contributed by atoms with Crippen molar-refractivity contribution in [3.63, 3.8) is 0 Å². The fourth-order valence-corrected chi connectivity index (χ4v) is 6.37. The molecule has 218 valence electrons. The number of carbonyl (C=O) groups excluding carboxylic acids is 3. The van der Waals surface area contributed by atoms with E-state index in [1.54, 1.807) is 30.0 Å². The summed E-state index contributed by atoms with van der Waals surface area (Å²) in [5.74, 6) is 0.0931. The molecule has 2 aliphatic heterocycles. The van der Waals surface area contributed by atoms with Gasteiger partial charge >= 0.3 is 0 Å². The number of carbonyl (C=O) groups is 3. The second kappa shape index (κ2) is 10.2. The number of piperidine rings is 1. The molecule has 1 saturated heterocycles. The molecule has 2 aromatic heterocycles. The smallest absolute Gasteiger partial charge is 0.255 e. The summed E-state index contributed by atoms with van der Waals surface area (Å²) in [6.07, 6.45) is 6.95. The van der Waals surface area contributed by atoms with Gasteiger partial charge in [0.2, 0.25) is 11.8 Å². The topological polar surface area (TPSA) is 112 Å². The highest BCUT2D eigenvalue weighted by atomic mass is 19.1. The standard InChI is InChI=1S/C31H34FN7O3/c1-37(2)29-24(32)7-8-25(34-29)23-16-39(36-28(23)18-3-4-18)21-11-17(12-21)14-33-20-5-6-22-19(13-20)15-38(31(22)42)26-9-10-27(40)35-30(26)41/h5-8,13,16-18,21,26,33H,3-4,9-12,14-15H2,1-2H3,(H,35,40,41). The van der Waals surface area contributed by atoms with Crippen molar-refractivity contribution in [3.05, 3.63) is 59.2 Å². The Morgan fingerprint density at radius 2 is 1.88 bits per heavy atom. The van der Waals surface area contributed by atoms with Crippen LogP contribution in [0.2, 0.25) is 0 Å². The quantitative estimate of drug-likeness (QED) is 0.395. The fraction of sp³-hybridized carbons (Fsp3) is 0.452. The zero-order valence-corrected chi connectivity index (χ0v) is 23.8. The lowest BCUT2D eigenvalue weighted by Crippen LogP contribution is -2.52. The maximum atomic E-state index is 14.3. The van der Waals surface area contributed by atoms with Crippen molar-refractivity contribution in [1.82, 2.24) is 25.0 Å². The second-order valence-electron chi connectivity index (χ2n) is 12.2. The number of pyridine rings is 1. The molecule has 0 spiro atoms. The molecule has 1 atom stereocenters. The van der Waals surface area contributed by atoms with Crippen molar-refractivity contribution in [3.8, 4) is 11.3 Å². The van der Waals surface area contributed by atoms with E-state index in [0.717, 1.165) is 60.4 Å². The molecule has 3 aromatic rings. The molecule has 7 rings (SSSR count). The minimum atomic E-state index is -0.608. The van der Waals surface area contributed by atoms with E-state index in [-0.39, 0.29) is 24.1 Å². The monoisotopic (exact) mass is 571 g/mol. The number of halogens is 1. The number of rotatable bonds is 8. The van der Waals surface area contributed by atoms with Gasteiger partial charge in [0, 0.05) is 62.5 Å². The van der Waals surface area contributed by atoms with Crippen LogP contribution in [0.5, 0.6) is 0 Å². The largest absolute Gasteiger partial charge is 0.385 e. The Balaban J connectivity index is 0.978. The van der Waals surface area contributed by atoms with Crippen LogP contribution in [0.15, 0.2) is 36.5 Å². The number of benzene rings is 1. The van der Waals surface area contributed by atoms with Gasteiger partial charge in [0.05, 0.1) is 17.4 Å². The van der Waals surface area contributed by atoms with E-state index in [4.69, 9.17) is 5.10 Å². The third-order valence-corrected chi connectivity index (χ3v) is 8.95. The summed E-state index contributed by atoms with van der Waals surface area (Å²) in [5, 5.41) is 10.9. The van der Waals surface area contributed by atoms with Gasteiger partial charge in [-0.3, -0.25) is 24.4 Å². The molecule has 2 aliphatic carbocycles. The minimum Gasteiger partial charge on any atom is -0.385 e. The molecule has 42 heavy (non-hydrogen) atoms. The molecule has 0 bridgehead atoms. The lowest BCUT2D eigenvalue weighted by Gasteiger charge is -2.35. The average Bonchev–Trinajstić information content (AvgIpc) is 3.61. The van der Waals surface area contributed by atoms with Crippen LogP contribution in [-0.2, 0) is 16.1 Å². The van der Waals surface area contributed by atoms with Gasteiger partial charge in [-0.05, 0) is 73.9 Å². The number of aromatic nitrogens is 3. The predicted molar refractivity (Wildman–Crippen MR) is 154 cm³/mol. The predicted octanol–water partition coefficient (Wildman–Crippen LogP) is 3.85. The molecule has 3 fully saturated rings. The zero-order chi connectivity index (χ0) is 29.1. The number of imide groups is 1. The first-order valence-electron chi connectivity index (χ1n) is 14.7. The van der Waals surface area contributed by atoms with Crippen LogP contribution in [0.4, 0.5) is 15.9 Å². The summed E-state index contributed by atoms with van der Waals surface area (Å²) >= 11 is 0. The third kappa shape index (κ3) is 4.80. The summed E-state index contributed by atoms with van der Waals surface area (Å²) in [7, 11) is 3.59. The van der Waals surface area contributed by atoms with Crippen molar-refractivity contribution >= 4 is 29.2 Å². The second-order valence-corrected chi connectivity index (χ2v) is 12.2. The maximum Gasteiger partial charge on any atom is 0.255 e. The van der Waals surface area contributed by atoms with E-state index in [1.165, 1.54) is 6.07 Å². The van der Waals surface area contributed by atoms with E-state index >= 15 is 0 Å². The Labute approximate surface area is 243 Å². The number of hydrogen-bond donors (Lipinski definition) is 2. The molecule has 2 saturated carbocycles. The molecule has 1 unspecified atom stereocenters. The first-order chi connectivity index (χ1) is 20.2. The zero-order valence-electron chi connectivity index (χ0n) is 23.8. The van der Waals surface area contributed by atoms with Crippen LogP contribution >= 0.6 is 0 Å². The molecule has 2 N–H and O–H groups in total. The Morgan fingerprint density at radius 3 is 2.62 bits per heavy atom. The van der Waals surface area contributed by atoms with E-state index in [0.29, 0.717) is 42.2 Å². The SMILES string of the molecule is CN(C)c1nc(-c2cn(C3CC(CNc4ccc5c(c4)CN(C4CCC(=O)NC4=O)C5=O)C3)nc2C2CC2)ccc1F. The number of amides is 3. The summed E-state index contributed by atoms with van der Waals surface area (Å²) in [5.41, 5.74) is 5.29. The molecule has 1 aromatic carbocycles. The molecule has 3 amide bonds. The lowest BCUT2D eigenvalue weighted by molar-refractivity contribution is -0.136. The number of hydrogen-bond acceptors (Lipinski definition) is 7. The van der Waals surface area contributed by atoms with E-state index in [1.807, 2.05) is 18.2 Å². The molecule has 4 aliphatic rings. The van der Waals surface area contributed by atoms with Crippen LogP contribution in [-0.4, -0.2) is 64.1 Å². The van der Waals surface area contributed by atoms with Gasteiger partial charge in [0.25, 0.3) is 5.91 Å². The van der Waals surface area contributed by atoms with Gasteiger partial charge in [-0.2, -0.15) is 5.10 Å². The highest BCUT2D eigenvalue weighted by Gasteiger charge is 2.39. The van der Waals surface area contributed by atoms with E-state index in [2.05, 4.69) is 26.5 Å². The average molecular weight is 572 g/mol. The van der Waals surface area contributed by atoms with Crippen LogP contribution in [0.1, 0.15) is 72.1 Å². The number of fused-ring (bicyclic) bond motifs is 1. The van der Waals surface area contributed by atoms with Crippen molar-refractivity contribution in [1.29, 1.82) is 0 Å². The molecular formula is C31H34FN7O3. The highest BCUT2D eigenvalue weighted by Crippen LogP contribution is 2.46. The van der Waals surface area contributed by atoms with Gasteiger partial charge in [0.15, 0.2) is 11.6 Å². The molecule has 10 nitrogen and oxygen atoms in total. The van der Waals surface area contributed by atoms with Crippen LogP contribution in [0, 0.1) is 11.7 Å². The van der Waals surface area contributed by atoms with Crippen LogP contribution in [0.25, 0.3) is 11.3 Å². The normalized spacial score (nSPS) is 23.5. The number of anilines is 2. The highest BCUT2D eigenvalue weighted by molar-refractivity contribution is 6.05. The number of nitrogens with zero attached hydrogens (tertiary/aromatic N) is 5. The first kappa shape index (κ1) is 26.6. The van der Waals surface area contributed by atoms with Crippen molar-refractivity contribution < 1.29 is 18.8 Å². The molecule has 11 heteroatoms. The van der Waals surface area contributed by atoms with E-state index < -0.39 is 11.9 Å². The number of nitrogens with one attached hydrogen (secondary N) is 2. The molecular weight excluding hydrogens is 537 g/mol. The Bertz CT molecular complexity index is 1590. The fourth-order valence-electron chi connectivity index (χ4n) is 6.37. The summed E-state index contributed by atoms with van der Waals surface area (Å²) in [6.45, 7) is 1.18.